The summed E-state index contributed by atoms with van der Waals surface area (Å²) in [6.45, 7) is 4.46. The molecule has 0 saturated heterocycles. The summed E-state index contributed by atoms with van der Waals surface area (Å²) in [4.78, 5) is 35.7. The van der Waals surface area contributed by atoms with Crippen LogP contribution in [0, 0.1) is 0 Å². The molecule has 9 nitrogen and oxygen atoms in total. The molecule has 438 valence electrons. The van der Waals surface area contributed by atoms with E-state index in [1.54, 1.807) is 0 Å². The number of esters is 2. The molecule has 0 aromatic carbocycles. The Balaban J connectivity index is 4.00. The molecule has 1 N–H and O–H groups in total. The van der Waals surface area contributed by atoms with Gasteiger partial charge in [-0.15, -0.1) is 0 Å². The first kappa shape index (κ1) is 72.5. The first-order valence-electron chi connectivity index (χ1n) is 32.1. The van der Waals surface area contributed by atoms with Gasteiger partial charge in [0, 0.05) is 12.8 Å². The summed E-state index contributed by atoms with van der Waals surface area (Å²) < 4.78 is 34.6. The fourth-order valence-corrected chi connectivity index (χ4v) is 10.3. The Morgan fingerprint density at radius 1 is 0.419 bits per heavy atom. The summed E-state index contributed by atoms with van der Waals surface area (Å²) in [6.07, 6.45) is 68.4. The zero-order valence-electron chi connectivity index (χ0n) is 49.9. The minimum absolute atomic E-state index is 0.0333. The molecule has 0 aliphatic carbocycles. The van der Waals surface area contributed by atoms with Gasteiger partial charge in [-0.05, 0) is 44.9 Å². The number of unbranched alkanes of at least 4 members (excludes halogenated alkanes) is 42. The van der Waals surface area contributed by atoms with Gasteiger partial charge in [0.1, 0.15) is 19.8 Å². The van der Waals surface area contributed by atoms with Crippen molar-refractivity contribution in [2.45, 2.75) is 328 Å². The number of hydrogen-bond donors (Lipinski definition) is 1. The second-order valence-corrected chi connectivity index (χ2v) is 24.6. The lowest BCUT2D eigenvalue weighted by molar-refractivity contribution is -0.870. The molecule has 0 aromatic heterocycles. The number of phosphoric ester groups is 1. The summed E-state index contributed by atoms with van der Waals surface area (Å²) >= 11 is 0. The number of carbonyl (C=O) groups is 2. The molecule has 0 heterocycles. The number of quaternary nitrogens is 1. The Bertz CT molecular complexity index is 1300. The maximum atomic E-state index is 12.8. The van der Waals surface area contributed by atoms with Gasteiger partial charge in [0.05, 0.1) is 27.7 Å². The highest BCUT2D eigenvalue weighted by Crippen LogP contribution is 2.43. The lowest BCUT2D eigenvalue weighted by Crippen LogP contribution is -2.37. The van der Waals surface area contributed by atoms with Crippen molar-refractivity contribution < 1.29 is 42.1 Å². The minimum Gasteiger partial charge on any atom is -0.462 e. The lowest BCUT2D eigenvalue weighted by atomic mass is 10.0. The lowest BCUT2D eigenvalue weighted by Gasteiger charge is -2.24. The van der Waals surface area contributed by atoms with E-state index in [-0.39, 0.29) is 25.6 Å². The number of hydrogen-bond acceptors (Lipinski definition) is 7. The van der Waals surface area contributed by atoms with Crippen LogP contribution in [0.25, 0.3) is 0 Å². The van der Waals surface area contributed by atoms with Crippen molar-refractivity contribution in [1.82, 2.24) is 0 Å². The van der Waals surface area contributed by atoms with E-state index in [1.165, 1.54) is 244 Å². The minimum atomic E-state index is -4.38. The zero-order chi connectivity index (χ0) is 54.2. The van der Waals surface area contributed by atoms with Gasteiger partial charge < -0.3 is 18.9 Å². The van der Waals surface area contributed by atoms with E-state index >= 15 is 0 Å². The van der Waals surface area contributed by atoms with Crippen LogP contribution < -0.4 is 0 Å². The van der Waals surface area contributed by atoms with Crippen molar-refractivity contribution in [2.24, 2.45) is 0 Å². The summed E-state index contributed by atoms with van der Waals surface area (Å²) in [5.74, 6) is -0.785. The molecule has 2 atom stereocenters. The van der Waals surface area contributed by atoms with Gasteiger partial charge in [0.25, 0.3) is 0 Å². The van der Waals surface area contributed by atoms with Crippen molar-refractivity contribution in [3.05, 3.63) is 24.3 Å². The molecular weight excluding hydrogens is 942 g/mol. The quantitative estimate of drug-likeness (QED) is 0.0211. The molecule has 0 aliphatic rings. The largest absolute Gasteiger partial charge is 0.472 e. The molecular formula is C64H125NO8P+. The number of nitrogens with zero attached hydrogens (tertiary/aromatic N) is 1. The van der Waals surface area contributed by atoms with Gasteiger partial charge in [0.2, 0.25) is 0 Å². The number of allylic oxidation sites excluding steroid dienone is 4. The third-order valence-electron chi connectivity index (χ3n) is 14.5. The Kier molecular flexibility index (Phi) is 55.1. The van der Waals surface area contributed by atoms with Crippen LogP contribution in [0.3, 0.4) is 0 Å². The van der Waals surface area contributed by atoms with Gasteiger partial charge in [-0.25, -0.2) is 4.57 Å². The molecule has 10 heteroatoms. The molecule has 0 aliphatic heterocycles. The summed E-state index contributed by atoms with van der Waals surface area (Å²) in [6, 6.07) is 0. The number of likely N-dealkylation sites (N-methyl/N-ethyl adjacent to an activating group) is 1. The smallest absolute Gasteiger partial charge is 0.462 e. The van der Waals surface area contributed by atoms with Crippen molar-refractivity contribution in [3.63, 3.8) is 0 Å². The van der Waals surface area contributed by atoms with Gasteiger partial charge in [-0.2, -0.15) is 0 Å². The van der Waals surface area contributed by atoms with Gasteiger partial charge in [-0.1, -0.05) is 289 Å². The third kappa shape index (κ3) is 59.7. The van der Waals surface area contributed by atoms with Gasteiger partial charge in [-0.3, -0.25) is 18.6 Å². The van der Waals surface area contributed by atoms with Crippen LogP contribution in [0.2, 0.25) is 0 Å². The fourth-order valence-electron chi connectivity index (χ4n) is 9.52. The molecule has 0 fully saturated rings. The number of ether oxygens (including phenoxy) is 2. The van der Waals surface area contributed by atoms with Gasteiger partial charge in [0.15, 0.2) is 6.10 Å². The standard InChI is InChI=1S/C64H124NO8P/c1-6-8-10-12-14-16-18-20-22-24-26-27-28-29-30-31-32-33-34-35-36-37-39-40-42-44-46-48-50-52-54-56-63(66)70-60-62(61-72-74(68,69)71-59-58-65(3,4)5)73-64(67)57-55-53-51-49-47-45-43-41-38-25-23-21-19-17-15-13-11-9-7-2/h15,17,21,23,62H,6-14,16,18-20,22,24-61H2,1-5H3/p+1/b17-15-,23-21-. The van der Waals surface area contributed by atoms with Crippen LogP contribution in [-0.2, 0) is 32.7 Å². The molecule has 0 amide bonds. The molecule has 0 spiro atoms. The normalized spacial score (nSPS) is 13.3. The van der Waals surface area contributed by atoms with Crippen LogP contribution in [-0.4, -0.2) is 74.9 Å². The van der Waals surface area contributed by atoms with E-state index in [2.05, 4.69) is 38.2 Å². The Morgan fingerprint density at radius 2 is 0.730 bits per heavy atom. The topological polar surface area (TPSA) is 108 Å². The van der Waals surface area contributed by atoms with E-state index in [0.717, 1.165) is 44.9 Å². The van der Waals surface area contributed by atoms with E-state index in [4.69, 9.17) is 18.5 Å². The summed E-state index contributed by atoms with van der Waals surface area (Å²) in [5.41, 5.74) is 0. The van der Waals surface area contributed by atoms with Crippen LogP contribution >= 0.6 is 7.82 Å². The van der Waals surface area contributed by atoms with Crippen LogP contribution in [0.1, 0.15) is 322 Å². The molecule has 2 unspecified atom stereocenters. The van der Waals surface area contributed by atoms with E-state index in [1.807, 2.05) is 21.1 Å². The summed E-state index contributed by atoms with van der Waals surface area (Å²) in [5, 5.41) is 0. The number of rotatable bonds is 60. The van der Waals surface area contributed by atoms with E-state index < -0.39 is 26.5 Å². The van der Waals surface area contributed by atoms with E-state index in [0.29, 0.717) is 23.9 Å². The van der Waals surface area contributed by atoms with Crippen molar-refractivity contribution >= 4 is 19.8 Å². The molecule has 0 radical (unpaired) electrons. The predicted octanol–water partition coefficient (Wildman–Crippen LogP) is 20.2. The number of phosphoric acid groups is 1. The van der Waals surface area contributed by atoms with Crippen molar-refractivity contribution in [2.75, 3.05) is 47.5 Å². The van der Waals surface area contributed by atoms with Crippen molar-refractivity contribution in [1.29, 1.82) is 0 Å². The SMILES string of the molecule is CCCCC/C=C\C/C=C\CCCCCCCCCCCC(=O)OC(COC(=O)CCCCCCCCCCCCCCCCCCCCCCCCCCCCCCCCC)COP(=O)(O)OCC[N+](C)(C)C. The average molecular weight is 1070 g/mol. The maximum absolute atomic E-state index is 12.8. The van der Waals surface area contributed by atoms with Crippen LogP contribution in [0.4, 0.5) is 0 Å². The molecule has 74 heavy (non-hydrogen) atoms. The maximum Gasteiger partial charge on any atom is 0.472 e. The van der Waals surface area contributed by atoms with E-state index in [9.17, 15) is 19.0 Å². The van der Waals surface area contributed by atoms with Crippen molar-refractivity contribution in [3.8, 4) is 0 Å². The van der Waals surface area contributed by atoms with Crippen LogP contribution in [0.15, 0.2) is 24.3 Å². The summed E-state index contributed by atoms with van der Waals surface area (Å²) in [7, 11) is 1.49. The highest BCUT2D eigenvalue weighted by atomic mass is 31.2. The first-order chi connectivity index (χ1) is 36.0. The second-order valence-electron chi connectivity index (χ2n) is 23.2. The predicted molar refractivity (Wildman–Crippen MR) is 317 cm³/mol. The van der Waals surface area contributed by atoms with Gasteiger partial charge >= 0.3 is 19.8 Å². The molecule has 0 bridgehead atoms. The zero-order valence-corrected chi connectivity index (χ0v) is 50.8. The monoisotopic (exact) mass is 1070 g/mol. The number of carbonyl (C=O) groups excluding carboxylic acids is 2. The second kappa shape index (κ2) is 56.2. The Morgan fingerprint density at radius 3 is 1.09 bits per heavy atom. The third-order valence-corrected chi connectivity index (χ3v) is 15.5. The average Bonchev–Trinajstić information content (AvgIpc) is 3.36. The molecule has 0 saturated carbocycles. The molecule has 0 rings (SSSR count). The Labute approximate surface area is 459 Å². The fraction of sp³-hybridized carbons (Fsp3) is 0.906. The highest BCUT2D eigenvalue weighted by Gasteiger charge is 2.27. The molecule has 0 aromatic rings. The van der Waals surface area contributed by atoms with Crippen LogP contribution in [0.5, 0.6) is 0 Å². The first-order valence-corrected chi connectivity index (χ1v) is 33.6. The Hall–Kier alpha value is -1.51. The highest BCUT2D eigenvalue weighted by molar-refractivity contribution is 7.47.